The monoisotopic (exact) mass is 320 g/mol. The van der Waals surface area contributed by atoms with Gasteiger partial charge in [-0.25, -0.2) is 0 Å². The lowest BCUT2D eigenvalue weighted by molar-refractivity contribution is 0.766. The molecular weight excluding hydrogens is 300 g/mol. The molecule has 0 atom stereocenters. The first-order valence-corrected chi connectivity index (χ1v) is 8.16. The lowest BCUT2D eigenvalue weighted by Crippen LogP contribution is -2.22. The minimum absolute atomic E-state index is 0.444. The number of thioether (sulfide) groups is 1. The molecule has 0 amide bonds. The van der Waals surface area contributed by atoms with Crippen LogP contribution in [-0.2, 0) is 13.6 Å². The van der Waals surface area contributed by atoms with Gasteiger partial charge in [-0.15, -0.1) is 11.8 Å². The Labute approximate surface area is 135 Å². The number of rotatable bonds is 6. The Hall–Kier alpha value is -1.53. The van der Waals surface area contributed by atoms with E-state index in [1.165, 1.54) is 0 Å². The first-order chi connectivity index (χ1) is 10.0. The van der Waals surface area contributed by atoms with Crippen LogP contribution in [0.25, 0.3) is 0 Å². The van der Waals surface area contributed by atoms with Gasteiger partial charge in [-0.1, -0.05) is 25.2 Å². The number of hydrogen-bond donors (Lipinski definition) is 1. The van der Waals surface area contributed by atoms with E-state index in [-0.39, 0.29) is 0 Å². The number of anilines is 1. The van der Waals surface area contributed by atoms with Gasteiger partial charge in [0.25, 0.3) is 0 Å². The van der Waals surface area contributed by atoms with Crippen LogP contribution in [0.1, 0.15) is 18.1 Å². The highest BCUT2D eigenvalue weighted by Crippen LogP contribution is 2.31. The summed E-state index contributed by atoms with van der Waals surface area (Å²) in [6, 6.07) is 6.18. The van der Waals surface area contributed by atoms with Crippen molar-refractivity contribution in [3.8, 4) is 0 Å². The Morgan fingerprint density at radius 2 is 2.24 bits per heavy atom. The maximum Gasteiger partial charge on any atom is 0.107 e. The van der Waals surface area contributed by atoms with Crippen LogP contribution in [-0.4, -0.2) is 27.6 Å². The van der Waals surface area contributed by atoms with Gasteiger partial charge in [0.15, 0.2) is 0 Å². The van der Waals surface area contributed by atoms with Gasteiger partial charge < -0.3 is 10.6 Å². The van der Waals surface area contributed by atoms with Crippen LogP contribution in [0.4, 0.5) is 5.69 Å². The van der Waals surface area contributed by atoms with Gasteiger partial charge in [-0.3, -0.25) is 4.68 Å². The van der Waals surface area contributed by atoms with E-state index in [9.17, 15) is 0 Å². The normalized spacial score (nSPS) is 10.6. The molecule has 0 bridgehead atoms. The highest BCUT2D eigenvalue weighted by Gasteiger charge is 2.15. The largest absolute Gasteiger partial charge is 0.389 e. The Bertz CT molecular complexity index is 636. The number of nitrogens with two attached hydrogens (primary N) is 1. The molecule has 1 aromatic heterocycles. The number of thiocarbonyl (C=S) groups is 1. The number of hydrogen-bond acceptors (Lipinski definition) is 4. The molecule has 0 aliphatic heterocycles. The average molecular weight is 320 g/mol. The van der Waals surface area contributed by atoms with Crippen molar-refractivity contribution >= 4 is 34.7 Å². The topological polar surface area (TPSA) is 47.1 Å². The van der Waals surface area contributed by atoms with E-state index >= 15 is 0 Å². The van der Waals surface area contributed by atoms with Crippen LogP contribution in [0.5, 0.6) is 0 Å². The lowest BCUT2D eigenvalue weighted by atomic mass is 10.1. The summed E-state index contributed by atoms with van der Waals surface area (Å²) in [4.78, 5) is 3.74. The van der Waals surface area contributed by atoms with Crippen molar-refractivity contribution in [2.45, 2.75) is 18.4 Å². The van der Waals surface area contributed by atoms with Gasteiger partial charge in [-0.05, 0) is 17.9 Å². The molecule has 1 heterocycles. The first-order valence-electron chi connectivity index (χ1n) is 6.77. The summed E-state index contributed by atoms with van der Waals surface area (Å²) in [5.74, 6) is 0.991. The second-order valence-corrected chi connectivity index (χ2v) is 6.57. The average Bonchev–Trinajstić information content (AvgIpc) is 2.84. The molecule has 0 aliphatic rings. The third-order valence-electron chi connectivity index (χ3n) is 3.14. The summed E-state index contributed by atoms with van der Waals surface area (Å²) in [6.07, 6.45) is 3.89. The summed E-state index contributed by atoms with van der Waals surface area (Å²) in [5.41, 5.74) is 9.13. The highest BCUT2D eigenvalue weighted by atomic mass is 32.2. The minimum Gasteiger partial charge on any atom is -0.389 e. The second-order valence-electron chi connectivity index (χ2n) is 4.83. The van der Waals surface area contributed by atoms with Crippen LogP contribution in [0.3, 0.4) is 0 Å². The van der Waals surface area contributed by atoms with Crippen molar-refractivity contribution < 1.29 is 0 Å². The van der Waals surface area contributed by atoms with E-state index in [1.807, 2.05) is 26.5 Å². The van der Waals surface area contributed by atoms with Crippen LogP contribution in [0, 0.1) is 0 Å². The molecule has 0 saturated carbocycles. The molecule has 0 fully saturated rings. The van der Waals surface area contributed by atoms with Crippen molar-refractivity contribution in [2.24, 2.45) is 12.8 Å². The fraction of sp³-hybridized carbons (Fsp3) is 0.333. The zero-order valence-electron chi connectivity index (χ0n) is 12.5. The Morgan fingerprint density at radius 1 is 1.48 bits per heavy atom. The van der Waals surface area contributed by atoms with Gasteiger partial charge >= 0.3 is 0 Å². The molecule has 0 spiro atoms. The Balaban J connectivity index is 2.33. The van der Waals surface area contributed by atoms with Crippen LogP contribution < -0.4 is 10.6 Å². The summed E-state index contributed by atoms with van der Waals surface area (Å²) in [6.45, 7) is 2.89. The molecule has 4 nitrogen and oxygen atoms in total. The molecule has 2 N–H and O–H groups in total. The van der Waals surface area contributed by atoms with E-state index in [0.717, 1.165) is 34.0 Å². The molecule has 1 aromatic carbocycles. The van der Waals surface area contributed by atoms with Crippen molar-refractivity contribution in [1.29, 1.82) is 0 Å². The molecule has 0 radical (unpaired) electrons. The molecule has 0 unspecified atom stereocenters. The lowest BCUT2D eigenvalue weighted by Gasteiger charge is -2.23. The number of aromatic nitrogens is 2. The maximum absolute atomic E-state index is 5.96. The molecule has 112 valence electrons. The van der Waals surface area contributed by atoms with Gasteiger partial charge in [-0.2, -0.15) is 5.10 Å². The van der Waals surface area contributed by atoms with Crippen LogP contribution in [0.15, 0.2) is 35.5 Å². The van der Waals surface area contributed by atoms with Gasteiger partial charge in [0.2, 0.25) is 0 Å². The van der Waals surface area contributed by atoms with Gasteiger partial charge in [0.05, 0.1) is 6.20 Å². The molecule has 2 aromatic rings. The summed E-state index contributed by atoms with van der Waals surface area (Å²) < 4.78 is 1.81. The van der Waals surface area contributed by atoms with Crippen molar-refractivity contribution in [3.63, 3.8) is 0 Å². The van der Waals surface area contributed by atoms with Crippen molar-refractivity contribution in [2.75, 3.05) is 17.7 Å². The van der Waals surface area contributed by atoms with Gasteiger partial charge in [0, 0.05) is 48.5 Å². The molecular formula is C15H20N4S2. The Kier molecular flexibility index (Phi) is 5.25. The third kappa shape index (κ3) is 3.77. The van der Waals surface area contributed by atoms with E-state index in [2.05, 4.69) is 35.1 Å². The van der Waals surface area contributed by atoms with Crippen LogP contribution >= 0.6 is 24.0 Å². The van der Waals surface area contributed by atoms with E-state index in [1.54, 1.807) is 16.4 Å². The molecule has 0 saturated heterocycles. The zero-order chi connectivity index (χ0) is 15.4. The van der Waals surface area contributed by atoms with Crippen molar-refractivity contribution in [3.05, 3.63) is 41.7 Å². The predicted molar refractivity (Wildman–Crippen MR) is 94.0 cm³/mol. The quantitative estimate of drug-likeness (QED) is 0.655. The highest BCUT2D eigenvalue weighted by molar-refractivity contribution is 7.99. The van der Waals surface area contributed by atoms with E-state index in [0.29, 0.717) is 4.99 Å². The fourth-order valence-electron chi connectivity index (χ4n) is 2.27. The van der Waals surface area contributed by atoms with E-state index in [4.69, 9.17) is 18.0 Å². The second kappa shape index (κ2) is 6.95. The SMILES string of the molecule is CCSc1cccc(N(C)Cc2cnn(C)c2)c1C(N)=S. The standard InChI is InChI=1S/C15H20N4S2/c1-4-21-13-7-5-6-12(14(13)15(16)20)18(2)9-11-8-17-19(3)10-11/h5-8,10H,4,9H2,1-3H3,(H2,16,20). The smallest absolute Gasteiger partial charge is 0.107 e. The molecule has 6 heteroatoms. The van der Waals surface area contributed by atoms with E-state index < -0.39 is 0 Å². The summed E-state index contributed by atoms with van der Waals surface area (Å²) in [7, 11) is 3.97. The third-order valence-corrected chi connectivity index (χ3v) is 4.28. The molecule has 2 rings (SSSR count). The predicted octanol–water partition coefficient (Wildman–Crippen LogP) is 2.80. The number of aryl methyl sites for hydroxylation is 1. The number of nitrogens with zero attached hydrogens (tertiary/aromatic N) is 3. The van der Waals surface area contributed by atoms with Gasteiger partial charge in [0.1, 0.15) is 4.99 Å². The zero-order valence-corrected chi connectivity index (χ0v) is 14.2. The fourth-order valence-corrected chi connectivity index (χ4v) is 3.40. The van der Waals surface area contributed by atoms with Crippen LogP contribution in [0.2, 0.25) is 0 Å². The summed E-state index contributed by atoms with van der Waals surface area (Å²) in [5, 5.41) is 4.20. The summed E-state index contributed by atoms with van der Waals surface area (Å²) >= 11 is 7.02. The first kappa shape index (κ1) is 15.9. The maximum atomic E-state index is 5.96. The minimum atomic E-state index is 0.444. The Morgan fingerprint density at radius 3 is 2.81 bits per heavy atom. The van der Waals surface area contributed by atoms with Crippen molar-refractivity contribution in [1.82, 2.24) is 9.78 Å². The molecule has 0 aliphatic carbocycles. The molecule has 21 heavy (non-hydrogen) atoms. The number of benzene rings is 1.